The third-order valence-electron chi connectivity index (χ3n) is 3.05. The maximum atomic E-state index is 11.7. The summed E-state index contributed by atoms with van der Waals surface area (Å²) < 4.78 is 0. The van der Waals surface area contributed by atoms with E-state index in [9.17, 15) is 4.79 Å². The Morgan fingerprint density at radius 3 is 1.73 bits per heavy atom. The van der Waals surface area contributed by atoms with E-state index in [1.807, 2.05) is 0 Å². The van der Waals surface area contributed by atoms with Gasteiger partial charge in [-0.25, -0.2) is 0 Å². The fourth-order valence-electron chi connectivity index (χ4n) is 1.61. The van der Waals surface area contributed by atoms with E-state index in [0.29, 0.717) is 5.78 Å². The lowest BCUT2D eigenvalue weighted by Gasteiger charge is -2.30. The Balaban J connectivity index is 4.74. The molecule has 0 aromatic rings. The van der Waals surface area contributed by atoms with Crippen LogP contribution < -0.4 is 0 Å². The average Bonchev–Trinajstić information content (AvgIpc) is 1.94. The van der Waals surface area contributed by atoms with E-state index in [1.165, 1.54) is 5.20 Å². The number of ketones is 1. The third-order valence-corrected chi connectivity index (χ3v) is 8.07. The van der Waals surface area contributed by atoms with Crippen LogP contribution in [0, 0.1) is 0 Å². The van der Waals surface area contributed by atoms with Gasteiger partial charge in [0.2, 0.25) is 0 Å². The van der Waals surface area contributed by atoms with Crippen LogP contribution >= 0.6 is 0 Å². The minimum atomic E-state index is -1.38. The molecule has 0 rings (SSSR count). The summed E-state index contributed by atoms with van der Waals surface area (Å²) in [5.41, 5.74) is 0.261. The van der Waals surface area contributed by atoms with Crippen LogP contribution in [0.1, 0.15) is 13.3 Å². The van der Waals surface area contributed by atoms with Crippen LogP contribution in [0.5, 0.6) is 0 Å². The van der Waals surface area contributed by atoms with Crippen molar-refractivity contribution < 1.29 is 4.79 Å². The molecule has 0 aliphatic carbocycles. The lowest BCUT2D eigenvalue weighted by Crippen LogP contribution is -2.35. The molecule has 0 aromatic heterocycles. The van der Waals surface area contributed by atoms with E-state index in [1.54, 1.807) is 6.92 Å². The summed E-state index contributed by atoms with van der Waals surface area (Å²) in [5, 5.41) is 1.34. The lowest BCUT2D eigenvalue weighted by molar-refractivity contribution is -0.117. The number of hydrogen-bond acceptors (Lipinski definition) is 1. The Hall–Kier alpha value is -0.156. The highest BCUT2D eigenvalue weighted by molar-refractivity contribution is 6.84. The van der Waals surface area contributed by atoms with Crippen molar-refractivity contribution in [2.24, 2.45) is 0 Å². The van der Waals surface area contributed by atoms with Crippen LogP contribution in [0.25, 0.3) is 0 Å². The molecule has 0 aliphatic rings. The molecule has 0 aliphatic heterocycles. The second-order valence-corrected chi connectivity index (χ2v) is 17.2. The fraction of sp³-hybridized carbons (Fsp3) is 0.750. The summed E-state index contributed by atoms with van der Waals surface area (Å²) in [6.45, 7) is 19.7. The second-order valence-electron chi connectivity index (χ2n) is 6.59. The maximum Gasteiger partial charge on any atom is 0.130 e. The fourth-order valence-corrected chi connectivity index (χ4v) is 4.71. The standard InChI is InChI=1S/C12H26OSi2/c1-10(14(3,4)5)9-12(11(2)13)15(6,7)8/h12H,1,9H2,2-8H3. The molecule has 15 heavy (non-hydrogen) atoms. The molecule has 88 valence electrons. The molecule has 1 atom stereocenters. The molecule has 0 saturated carbocycles. The molecule has 3 heteroatoms. The monoisotopic (exact) mass is 242 g/mol. The van der Waals surface area contributed by atoms with Gasteiger partial charge in [-0.3, -0.25) is 0 Å². The zero-order valence-electron chi connectivity index (χ0n) is 11.4. The largest absolute Gasteiger partial charge is 0.300 e. The van der Waals surface area contributed by atoms with Crippen molar-refractivity contribution in [1.29, 1.82) is 0 Å². The molecule has 0 radical (unpaired) electrons. The van der Waals surface area contributed by atoms with Gasteiger partial charge >= 0.3 is 0 Å². The molecular weight excluding hydrogens is 216 g/mol. The predicted octanol–water partition coefficient (Wildman–Crippen LogP) is 4.11. The zero-order chi connectivity index (χ0) is 12.4. The first-order chi connectivity index (χ1) is 6.46. The zero-order valence-corrected chi connectivity index (χ0v) is 13.4. The van der Waals surface area contributed by atoms with Gasteiger partial charge in [-0.15, -0.1) is 6.58 Å². The van der Waals surface area contributed by atoms with Gasteiger partial charge < -0.3 is 4.79 Å². The van der Waals surface area contributed by atoms with Gasteiger partial charge in [0, 0.05) is 5.54 Å². The summed E-state index contributed by atoms with van der Waals surface area (Å²) in [4.78, 5) is 11.7. The summed E-state index contributed by atoms with van der Waals surface area (Å²) in [5.74, 6) is 0.355. The number of allylic oxidation sites excluding steroid dienone is 1. The molecule has 0 amide bonds. The van der Waals surface area contributed by atoms with Gasteiger partial charge in [-0.2, -0.15) is 0 Å². The summed E-state index contributed by atoms with van der Waals surface area (Å²) in [6.07, 6.45) is 0.931. The molecule has 1 nitrogen and oxygen atoms in total. The van der Waals surface area contributed by atoms with E-state index in [2.05, 4.69) is 45.9 Å². The first-order valence-electron chi connectivity index (χ1n) is 5.65. The van der Waals surface area contributed by atoms with Gasteiger partial charge in [0.15, 0.2) is 0 Å². The van der Waals surface area contributed by atoms with Gasteiger partial charge in [-0.05, 0) is 13.3 Å². The SMILES string of the molecule is C=C(CC(C(C)=O)[Si](C)(C)C)[Si](C)(C)C. The van der Waals surface area contributed by atoms with Gasteiger partial charge in [0.05, 0.1) is 16.1 Å². The van der Waals surface area contributed by atoms with Crippen molar-refractivity contribution >= 4 is 21.9 Å². The van der Waals surface area contributed by atoms with Crippen LogP contribution in [0.3, 0.4) is 0 Å². The maximum absolute atomic E-state index is 11.7. The number of carbonyl (C=O) groups excluding carboxylic acids is 1. The lowest BCUT2D eigenvalue weighted by atomic mass is 10.2. The highest BCUT2D eigenvalue weighted by Crippen LogP contribution is 2.32. The molecule has 0 spiro atoms. The van der Waals surface area contributed by atoms with Crippen LogP contribution in [-0.4, -0.2) is 21.9 Å². The van der Waals surface area contributed by atoms with E-state index in [-0.39, 0.29) is 5.54 Å². The topological polar surface area (TPSA) is 17.1 Å². The Bertz CT molecular complexity index is 256. The first kappa shape index (κ1) is 14.8. The van der Waals surface area contributed by atoms with Crippen LogP contribution in [0.2, 0.25) is 44.8 Å². The molecule has 0 N–H and O–H groups in total. The predicted molar refractivity (Wildman–Crippen MR) is 74.9 cm³/mol. The second kappa shape index (κ2) is 4.79. The van der Waals surface area contributed by atoms with Crippen molar-refractivity contribution in [3.05, 3.63) is 11.8 Å². The number of carbonyl (C=O) groups is 1. The van der Waals surface area contributed by atoms with Crippen LogP contribution in [0.4, 0.5) is 0 Å². The number of rotatable bonds is 5. The molecular formula is C12H26OSi2. The Morgan fingerprint density at radius 1 is 1.13 bits per heavy atom. The summed E-state index contributed by atoms with van der Waals surface area (Å²) >= 11 is 0. The number of hydrogen-bond donors (Lipinski definition) is 0. The van der Waals surface area contributed by atoms with Crippen molar-refractivity contribution in [3.8, 4) is 0 Å². The van der Waals surface area contributed by atoms with Crippen molar-refractivity contribution in [2.75, 3.05) is 0 Å². The van der Waals surface area contributed by atoms with Crippen molar-refractivity contribution in [1.82, 2.24) is 0 Å². The Kier molecular flexibility index (Phi) is 4.74. The average molecular weight is 243 g/mol. The van der Waals surface area contributed by atoms with Gasteiger partial charge in [-0.1, -0.05) is 44.5 Å². The molecule has 0 aromatic carbocycles. The minimum Gasteiger partial charge on any atom is -0.300 e. The van der Waals surface area contributed by atoms with Crippen molar-refractivity contribution in [3.63, 3.8) is 0 Å². The first-order valence-corrected chi connectivity index (χ1v) is 12.7. The van der Waals surface area contributed by atoms with Crippen LogP contribution in [0.15, 0.2) is 11.8 Å². The van der Waals surface area contributed by atoms with Crippen molar-refractivity contribution in [2.45, 2.75) is 58.2 Å². The minimum absolute atomic E-state index is 0.261. The molecule has 0 fully saturated rings. The normalized spacial score (nSPS) is 14.9. The van der Waals surface area contributed by atoms with E-state index in [0.717, 1.165) is 6.42 Å². The Labute approximate surface area is 97.0 Å². The summed E-state index contributed by atoms with van der Waals surface area (Å²) in [6, 6.07) is 0. The third kappa shape index (κ3) is 4.93. The van der Waals surface area contributed by atoms with E-state index >= 15 is 0 Å². The molecule has 0 heterocycles. The van der Waals surface area contributed by atoms with Gasteiger partial charge in [0.1, 0.15) is 5.78 Å². The van der Waals surface area contributed by atoms with E-state index < -0.39 is 16.1 Å². The van der Waals surface area contributed by atoms with Crippen LogP contribution in [-0.2, 0) is 4.79 Å². The highest BCUT2D eigenvalue weighted by Gasteiger charge is 2.33. The van der Waals surface area contributed by atoms with Gasteiger partial charge in [0.25, 0.3) is 0 Å². The molecule has 0 bridgehead atoms. The summed E-state index contributed by atoms with van der Waals surface area (Å²) in [7, 11) is -2.65. The highest BCUT2D eigenvalue weighted by atomic mass is 28.3. The quantitative estimate of drug-likeness (QED) is 0.663. The smallest absolute Gasteiger partial charge is 0.130 e. The Morgan fingerprint density at radius 2 is 1.53 bits per heavy atom. The molecule has 1 unspecified atom stereocenters. The molecule has 0 saturated heterocycles. The number of Topliss-reactive ketones (excluding diaryl/α,β-unsaturated/α-hetero) is 1. The van der Waals surface area contributed by atoms with E-state index in [4.69, 9.17) is 0 Å².